The molecule has 5 heteroatoms. The number of hydrogen-bond acceptors (Lipinski definition) is 3. The fraction of sp³-hybridized carbons (Fsp3) is 0.200. The summed E-state index contributed by atoms with van der Waals surface area (Å²) in [5, 5.41) is 5.46. The molecule has 0 aliphatic heterocycles. The second-order valence-electron chi connectivity index (χ2n) is 5.56. The third-order valence-corrected chi connectivity index (χ3v) is 3.60. The Labute approximate surface area is 147 Å². The van der Waals surface area contributed by atoms with E-state index in [2.05, 4.69) is 17.2 Å². The van der Waals surface area contributed by atoms with Crippen molar-refractivity contribution in [1.82, 2.24) is 5.32 Å². The van der Waals surface area contributed by atoms with Gasteiger partial charge in [-0.15, -0.1) is 6.58 Å². The van der Waals surface area contributed by atoms with E-state index in [9.17, 15) is 9.59 Å². The van der Waals surface area contributed by atoms with Gasteiger partial charge in [-0.2, -0.15) is 0 Å². The Morgan fingerprint density at radius 1 is 1.16 bits per heavy atom. The first-order chi connectivity index (χ1) is 12.0. The zero-order valence-electron chi connectivity index (χ0n) is 14.4. The molecule has 2 aromatic carbocycles. The molecular weight excluding hydrogens is 316 g/mol. The lowest BCUT2D eigenvalue weighted by atomic mass is 10.1. The van der Waals surface area contributed by atoms with Gasteiger partial charge in [-0.25, -0.2) is 0 Å². The van der Waals surface area contributed by atoms with Gasteiger partial charge in [-0.05, 0) is 37.6 Å². The minimum atomic E-state index is -0.703. The predicted octanol–water partition coefficient (Wildman–Crippen LogP) is 3.32. The Morgan fingerprint density at radius 3 is 2.56 bits per heavy atom. The SMILES string of the molecule is C=CCNC(=O)c1ccccc1NC(=O)C(C)Oc1ccccc1C. The van der Waals surface area contributed by atoms with E-state index in [0.29, 0.717) is 23.5 Å². The van der Waals surface area contributed by atoms with Crippen LogP contribution in [0, 0.1) is 6.92 Å². The standard InChI is InChI=1S/C20H22N2O3/c1-4-13-21-20(24)16-10-6-7-11-17(16)22-19(23)15(3)25-18-12-8-5-9-14(18)2/h4-12,15H,1,13H2,2-3H3,(H,21,24)(H,22,23). The molecule has 2 aromatic rings. The van der Waals surface area contributed by atoms with E-state index in [1.165, 1.54) is 0 Å². The van der Waals surface area contributed by atoms with Crippen molar-refractivity contribution in [3.63, 3.8) is 0 Å². The number of anilines is 1. The molecule has 1 unspecified atom stereocenters. The highest BCUT2D eigenvalue weighted by Crippen LogP contribution is 2.19. The molecule has 25 heavy (non-hydrogen) atoms. The van der Waals surface area contributed by atoms with E-state index in [0.717, 1.165) is 5.56 Å². The van der Waals surface area contributed by atoms with E-state index in [-0.39, 0.29) is 11.8 Å². The Hall–Kier alpha value is -3.08. The minimum Gasteiger partial charge on any atom is -0.481 e. The Morgan fingerprint density at radius 2 is 1.84 bits per heavy atom. The van der Waals surface area contributed by atoms with Crippen LogP contribution >= 0.6 is 0 Å². The van der Waals surface area contributed by atoms with Gasteiger partial charge in [0.25, 0.3) is 11.8 Å². The first kappa shape index (κ1) is 18.3. The number of rotatable bonds is 7. The minimum absolute atomic E-state index is 0.275. The van der Waals surface area contributed by atoms with Crippen LogP contribution in [0.1, 0.15) is 22.8 Å². The van der Waals surface area contributed by atoms with Crippen molar-refractivity contribution in [1.29, 1.82) is 0 Å². The summed E-state index contributed by atoms with van der Waals surface area (Å²) in [4.78, 5) is 24.6. The quantitative estimate of drug-likeness (QED) is 0.761. The fourth-order valence-corrected chi connectivity index (χ4v) is 2.22. The van der Waals surface area contributed by atoms with Crippen LogP contribution in [0.2, 0.25) is 0 Å². The first-order valence-corrected chi connectivity index (χ1v) is 8.04. The molecule has 0 saturated heterocycles. The molecule has 2 amide bonds. The number of para-hydroxylation sites is 2. The molecule has 0 bridgehead atoms. The molecule has 0 spiro atoms. The molecule has 0 heterocycles. The Balaban J connectivity index is 2.08. The van der Waals surface area contributed by atoms with E-state index >= 15 is 0 Å². The van der Waals surface area contributed by atoms with Crippen molar-refractivity contribution in [3.05, 3.63) is 72.3 Å². The molecule has 2 N–H and O–H groups in total. The topological polar surface area (TPSA) is 67.4 Å². The van der Waals surface area contributed by atoms with Crippen LogP contribution in [0.4, 0.5) is 5.69 Å². The monoisotopic (exact) mass is 338 g/mol. The van der Waals surface area contributed by atoms with Gasteiger partial charge in [0.15, 0.2) is 6.10 Å². The zero-order chi connectivity index (χ0) is 18.2. The van der Waals surface area contributed by atoms with Crippen LogP contribution in [0.5, 0.6) is 5.75 Å². The molecule has 0 aliphatic carbocycles. The zero-order valence-corrected chi connectivity index (χ0v) is 14.4. The number of amides is 2. The second kappa shape index (κ2) is 8.68. The van der Waals surface area contributed by atoms with E-state index in [4.69, 9.17) is 4.74 Å². The largest absolute Gasteiger partial charge is 0.481 e. The number of hydrogen-bond donors (Lipinski definition) is 2. The maximum atomic E-state index is 12.4. The number of ether oxygens (including phenoxy) is 1. The van der Waals surface area contributed by atoms with Crippen molar-refractivity contribution in [3.8, 4) is 5.75 Å². The third-order valence-electron chi connectivity index (χ3n) is 3.60. The molecule has 0 radical (unpaired) electrons. The molecule has 0 aliphatic rings. The lowest BCUT2D eigenvalue weighted by Gasteiger charge is -2.17. The van der Waals surface area contributed by atoms with Gasteiger partial charge in [0, 0.05) is 6.54 Å². The van der Waals surface area contributed by atoms with Crippen molar-refractivity contribution in [2.75, 3.05) is 11.9 Å². The summed E-state index contributed by atoms with van der Waals surface area (Å²) in [5.41, 5.74) is 1.78. The Bertz CT molecular complexity index is 771. The molecule has 0 fully saturated rings. The summed E-state index contributed by atoms with van der Waals surface area (Å²) in [6, 6.07) is 14.3. The molecule has 2 rings (SSSR count). The lowest BCUT2D eigenvalue weighted by Crippen LogP contribution is -2.32. The van der Waals surface area contributed by atoms with Gasteiger partial charge in [-0.1, -0.05) is 36.4 Å². The summed E-state index contributed by atoms with van der Waals surface area (Å²) >= 11 is 0. The molecule has 0 aromatic heterocycles. The van der Waals surface area contributed by atoms with Gasteiger partial charge < -0.3 is 15.4 Å². The van der Waals surface area contributed by atoms with E-state index in [1.807, 2.05) is 31.2 Å². The lowest BCUT2D eigenvalue weighted by molar-refractivity contribution is -0.122. The summed E-state index contributed by atoms with van der Waals surface area (Å²) in [5.74, 6) is 0.0534. The molecule has 1 atom stereocenters. The molecular formula is C20H22N2O3. The van der Waals surface area contributed by atoms with Gasteiger partial charge >= 0.3 is 0 Å². The van der Waals surface area contributed by atoms with Gasteiger partial charge in [0.2, 0.25) is 0 Å². The van der Waals surface area contributed by atoms with E-state index in [1.54, 1.807) is 37.3 Å². The van der Waals surface area contributed by atoms with Crippen molar-refractivity contribution >= 4 is 17.5 Å². The van der Waals surface area contributed by atoms with Crippen molar-refractivity contribution in [2.24, 2.45) is 0 Å². The van der Waals surface area contributed by atoms with Crippen LogP contribution < -0.4 is 15.4 Å². The maximum Gasteiger partial charge on any atom is 0.265 e. The summed E-state index contributed by atoms with van der Waals surface area (Å²) in [6.45, 7) is 7.51. The molecule has 5 nitrogen and oxygen atoms in total. The number of aryl methyl sites for hydroxylation is 1. The average molecular weight is 338 g/mol. The van der Waals surface area contributed by atoms with Crippen molar-refractivity contribution in [2.45, 2.75) is 20.0 Å². The highest BCUT2D eigenvalue weighted by molar-refractivity contribution is 6.04. The Kier molecular flexibility index (Phi) is 6.34. The van der Waals surface area contributed by atoms with Crippen LogP contribution in [-0.2, 0) is 4.79 Å². The fourth-order valence-electron chi connectivity index (χ4n) is 2.22. The summed E-state index contributed by atoms with van der Waals surface area (Å²) < 4.78 is 5.72. The number of carbonyl (C=O) groups is 2. The summed E-state index contributed by atoms with van der Waals surface area (Å²) in [7, 11) is 0. The highest BCUT2D eigenvalue weighted by Gasteiger charge is 2.18. The van der Waals surface area contributed by atoms with Crippen LogP contribution in [0.3, 0.4) is 0 Å². The van der Waals surface area contributed by atoms with Crippen LogP contribution in [-0.4, -0.2) is 24.5 Å². The van der Waals surface area contributed by atoms with E-state index < -0.39 is 6.10 Å². The van der Waals surface area contributed by atoms with Crippen molar-refractivity contribution < 1.29 is 14.3 Å². The van der Waals surface area contributed by atoms with Gasteiger partial charge in [0.05, 0.1) is 11.3 Å². The number of carbonyl (C=O) groups excluding carboxylic acids is 2. The molecule has 130 valence electrons. The number of benzene rings is 2. The summed E-state index contributed by atoms with van der Waals surface area (Å²) in [6.07, 6.45) is 0.891. The third kappa shape index (κ3) is 4.94. The number of nitrogens with one attached hydrogen (secondary N) is 2. The molecule has 0 saturated carbocycles. The maximum absolute atomic E-state index is 12.4. The normalized spacial score (nSPS) is 11.3. The second-order valence-corrected chi connectivity index (χ2v) is 5.56. The van der Waals surface area contributed by atoms with Crippen LogP contribution in [0.15, 0.2) is 61.2 Å². The first-order valence-electron chi connectivity index (χ1n) is 8.04. The predicted molar refractivity (Wildman–Crippen MR) is 98.9 cm³/mol. The van der Waals surface area contributed by atoms with Crippen LogP contribution in [0.25, 0.3) is 0 Å². The smallest absolute Gasteiger partial charge is 0.265 e. The highest BCUT2D eigenvalue weighted by atomic mass is 16.5. The van der Waals surface area contributed by atoms with Gasteiger partial charge in [-0.3, -0.25) is 9.59 Å². The van der Waals surface area contributed by atoms with Gasteiger partial charge in [0.1, 0.15) is 5.75 Å². The average Bonchev–Trinajstić information content (AvgIpc) is 2.62.